The highest BCUT2D eigenvalue weighted by Crippen LogP contribution is 2.44. The van der Waals surface area contributed by atoms with Crippen molar-refractivity contribution in [1.29, 1.82) is 0 Å². The van der Waals surface area contributed by atoms with Crippen LogP contribution < -0.4 is 10.4 Å². The molecule has 6 unspecified atom stereocenters. The third kappa shape index (κ3) is 4.05. The minimum atomic E-state index is -0.588. The first-order chi connectivity index (χ1) is 13.8. The Bertz CT molecular complexity index is 892. The monoisotopic (exact) mass is 401 g/mol. The number of hydrogen-bond donors (Lipinski definition) is 2. The van der Waals surface area contributed by atoms with Crippen LogP contribution in [-0.4, -0.2) is 34.3 Å². The standard InChI is InChI=1S/C23H31NO5/c1-13-11-14(2)22(29-21(13)15(3)16(4)25)19-20(26)18(12-24(28-5)23(19)27)17-9-7-6-8-10-17/h6-10,12-16,21-22,25-26H,11H2,1-5H3. The van der Waals surface area contributed by atoms with E-state index in [0.29, 0.717) is 5.56 Å². The van der Waals surface area contributed by atoms with Crippen LogP contribution in [-0.2, 0) is 4.74 Å². The molecule has 1 saturated heterocycles. The molecule has 29 heavy (non-hydrogen) atoms. The number of benzene rings is 1. The van der Waals surface area contributed by atoms with E-state index in [-0.39, 0.29) is 35.2 Å². The maximum atomic E-state index is 13.1. The van der Waals surface area contributed by atoms with Crippen LogP contribution in [0, 0.1) is 17.8 Å². The lowest BCUT2D eigenvalue weighted by atomic mass is 9.78. The summed E-state index contributed by atoms with van der Waals surface area (Å²) in [5.41, 5.74) is 1.06. The van der Waals surface area contributed by atoms with Crippen LogP contribution in [0.1, 0.15) is 45.8 Å². The lowest BCUT2D eigenvalue weighted by Gasteiger charge is -2.42. The Labute approximate surface area is 171 Å². The zero-order valence-corrected chi connectivity index (χ0v) is 17.7. The Morgan fingerprint density at radius 2 is 1.83 bits per heavy atom. The number of ether oxygens (including phenoxy) is 1. The second-order valence-electron chi connectivity index (χ2n) is 8.30. The van der Waals surface area contributed by atoms with Crippen molar-refractivity contribution in [3.63, 3.8) is 0 Å². The number of pyridine rings is 1. The molecule has 2 aromatic rings. The highest BCUT2D eigenvalue weighted by molar-refractivity contribution is 5.70. The van der Waals surface area contributed by atoms with Gasteiger partial charge in [-0.3, -0.25) is 4.79 Å². The van der Waals surface area contributed by atoms with Crippen molar-refractivity contribution in [1.82, 2.24) is 4.73 Å². The Morgan fingerprint density at radius 1 is 1.17 bits per heavy atom. The van der Waals surface area contributed by atoms with Gasteiger partial charge in [0.15, 0.2) is 0 Å². The molecular formula is C23H31NO5. The summed E-state index contributed by atoms with van der Waals surface area (Å²) < 4.78 is 7.52. The van der Waals surface area contributed by atoms with Crippen molar-refractivity contribution < 1.29 is 19.8 Å². The van der Waals surface area contributed by atoms with Gasteiger partial charge in [0.05, 0.1) is 30.1 Å². The normalized spacial score (nSPS) is 26.7. The number of hydrogen-bond acceptors (Lipinski definition) is 5. The molecule has 2 N–H and O–H groups in total. The Morgan fingerprint density at radius 3 is 2.41 bits per heavy atom. The van der Waals surface area contributed by atoms with E-state index in [1.54, 1.807) is 6.92 Å². The first-order valence-electron chi connectivity index (χ1n) is 10.2. The Balaban J connectivity index is 2.12. The third-order valence-electron chi connectivity index (χ3n) is 6.16. The molecule has 6 heteroatoms. The SMILES string of the molecule is COn1cc(-c2ccccc2)c(O)c(C2OC(C(C)C(C)O)C(C)CC2C)c1=O. The molecule has 0 aliphatic carbocycles. The summed E-state index contributed by atoms with van der Waals surface area (Å²) >= 11 is 0. The van der Waals surface area contributed by atoms with Crippen LogP contribution in [0.2, 0.25) is 0 Å². The number of rotatable bonds is 5. The lowest BCUT2D eigenvalue weighted by Crippen LogP contribution is -2.43. The summed E-state index contributed by atoms with van der Waals surface area (Å²) in [5, 5.41) is 21.2. The predicted octanol–water partition coefficient (Wildman–Crippen LogP) is 3.40. The average molecular weight is 402 g/mol. The molecule has 0 radical (unpaired) electrons. The Kier molecular flexibility index (Phi) is 6.34. The predicted molar refractivity (Wildman–Crippen MR) is 112 cm³/mol. The van der Waals surface area contributed by atoms with Gasteiger partial charge in [-0.1, -0.05) is 51.1 Å². The summed E-state index contributed by atoms with van der Waals surface area (Å²) in [6.45, 7) is 7.82. The van der Waals surface area contributed by atoms with Crippen LogP contribution in [0.3, 0.4) is 0 Å². The van der Waals surface area contributed by atoms with Gasteiger partial charge in [-0.25, -0.2) is 0 Å². The average Bonchev–Trinajstić information content (AvgIpc) is 2.69. The smallest absolute Gasteiger partial charge is 0.292 e. The molecule has 1 fully saturated rings. The molecule has 158 valence electrons. The molecule has 6 nitrogen and oxygen atoms in total. The van der Waals surface area contributed by atoms with Crippen molar-refractivity contribution in [3.8, 4) is 16.9 Å². The van der Waals surface area contributed by atoms with E-state index < -0.39 is 17.8 Å². The van der Waals surface area contributed by atoms with Crippen molar-refractivity contribution in [2.45, 2.75) is 52.4 Å². The molecule has 1 aromatic heterocycles. The molecule has 2 heterocycles. The summed E-state index contributed by atoms with van der Waals surface area (Å²) in [7, 11) is 1.42. The van der Waals surface area contributed by atoms with Gasteiger partial charge in [-0.05, 0) is 30.7 Å². The summed E-state index contributed by atoms with van der Waals surface area (Å²) in [6, 6.07) is 9.38. The molecule has 0 saturated carbocycles. The first kappa shape index (κ1) is 21.4. The van der Waals surface area contributed by atoms with E-state index in [1.165, 1.54) is 13.3 Å². The van der Waals surface area contributed by atoms with Crippen LogP contribution >= 0.6 is 0 Å². The largest absolute Gasteiger partial charge is 0.507 e. The molecule has 0 spiro atoms. The fraction of sp³-hybridized carbons (Fsp3) is 0.522. The third-order valence-corrected chi connectivity index (χ3v) is 6.16. The molecule has 1 aliphatic rings. The quantitative estimate of drug-likeness (QED) is 0.803. The fourth-order valence-electron chi connectivity index (χ4n) is 4.37. The van der Waals surface area contributed by atoms with Crippen molar-refractivity contribution >= 4 is 0 Å². The second-order valence-corrected chi connectivity index (χ2v) is 8.30. The van der Waals surface area contributed by atoms with Crippen LogP contribution in [0.25, 0.3) is 11.1 Å². The van der Waals surface area contributed by atoms with Crippen molar-refractivity contribution in [2.24, 2.45) is 17.8 Å². The number of nitrogens with zero attached hydrogens (tertiary/aromatic N) is 1. The van der Waals surface area contributed by atoms with E-state index in [2.05, 4.69) is 6.92 Å². The molecule has 0 amide bonds. The first-order valence-corrected chi connectivity index (χ1v) is 10.2. The Hall–Kier alpha value is -2.31. The van der Waals surface area contributed by atoms with E-state index >= 15 is 0 Å². The second kappa shape index (κ2) is 8.59. The van der Waals surface area contributed by atoms with Gasteiger partial charge < -0.3 is 19.8 Å². The molecule has 0 bridgehead atoms. The van der Waals surface area contributed by atoms with Crippen LogP contribution in [0.5, 0.6) is 5.75 Å². The molecule has 1 aromatic carbocycles. The van der Waals surface area contributed by atoms with Gasteiger partial charge in [0.2, 0.25) is 0 Å². The molecule has 1 aliphatic heterocycles. The van der Waals surface area contributed by atoms with Gasteiger partial charge in [-0.15, -0.1) is 0 Å². The van der Waals surface area contributed by atoms with E-state index in [9.17, 15) is 15.0 Å². The number of aliphatic hydroxyl groups is 1. The fourth-order valence-corrected chi connectivity index (χ4v) is 4.37. The number of aromatic hydroxyl groups is 1. The highest BCUT2D eigenvalue weighted by Gasteiger charge is 2.41. The molecular weight excluding hydrogens is 370 g/mol. The maximum Gasteiger partial charge on any atom is 0.292 e. The zero-order chi connectivity index (χ0) is 21.3. The minimum absolute atomic E-state index is 0.0254. The van der Waals surface area contributed by atoms with Gasteiger partial charge in [0, 0.05) is 11.5 Å². The van der Waals surface area contributed by atoms with Crippen LogP contribution in [0.15, 0.2) is 41.3 Å². The highest BCUT2D eigenvalue weighted by atomic mass is 16.6. The molecule has 3 rings (SSSR count). The van der Waals surface area contributed by atoms with Crippen molar-refractivity contribution in [2.75, 3.05) is 7.11 Å². The molecule has 6 atom stereocenters. The van der Waals surface area contributed by atoms with Gasteiger partial charge in [-0.2, -0.15) is 4.73 Å². The number of aliphatic hydroxyl groups excluding tert-OH is 1. The zero-order valence-electron chi connectivity index (χ0n) is 17.7. The van der Waals surface area contributed by atoms with E-state index in [4.69, 9.17) is 9.57 Å². The van der Waals surface area contributed by atoms with Gasteiger partial charge in [0.1, 0.15) is 12.9 Å². The summed E-state index contributed by atoms with van der Waals surface area (Å²) in [5.74, 6) is 0.0841. The van der Waals surface area contributed by atoms with E-state index in [0.717, 1.165) is 16.7 Å². The number of aromatic nitrogens is 1. The van der Waals surface area contributed by atoms with Gasteiger partial charge >= 0.3 is 0 Å². The van der Waals surface area contributed by atoms with Crippen LogP contribution in [0.4, 0.5) is 0 Å². The van der Waals surface area contributed by atoms with Crippen molar-refractivity contribution in [3.05, 3.63) is 52.4 Å². The topological polar surface area (TPSA) is 80.9 Å². The van der Waals surface area contributed by atoms with E-state index in [1.807, 2.05) is 44.2 Å². The summed E-state index contributed by atoms with van der Waals surface area (Å²) in [4.78, 5) is 18.3. The summed E-state index contributed by atoms with van der Waals surface area (Å²) in [6.07, 6.45) is 0.994. The van der Waals surface area contributed by atoms with Gasteiger partial charge in [0.25, 0.3) is 5.56 Å². The minimum Gasteiger partial charge on any atom is -0.507 e. The maximum absolute atomic E-state index is 13.1. The lowest BCUT2D eigenvalue weighted by molar-refractivity contribution is -0.146.